The molecule has 28 heavy (non-hydrogen) atoms. The third kappa shape index (κ3) is 30.2. The Labute approximate surface area is 216 Å². The average molecular weight is 440 g/mol. The zero-order valence-electron chi connectivity index (χ0n) is 18.5. The number of ether oxygens (including phenoxy) is 1. The minimum absolute atomic E-state index is 0. The number of phosphoric acid groups is 1. The van der Waals surface area contributed by atoms with Gasteiger partial charge in [0, 0.05) is 6.61 Å². The van der Waals surface area contributed by atoms with Gasteiger partial charge >= 0.3 is 59.1 Å². The molecular formula is C19H39Na2O6P. The van der Waals surface area contributed by atoms with Crippen LogP contribution >= 0.6 is 7.82 Å². The van der Waals surface area contributed by atoms with Crippen LogP contribution in [0.5, 0.6) is 0 Å². The molecule has 9 heteroatoms. The quantitative estimate of drug-likeness (QED) is 0.130. The maximum atomic E-state index is 10.3. The van der Waals surface area contributed by atoms with Gasteiger partial charge in [0.15, 0.2) is 0 Å². The van der Waals surface area contributed by atoms with E-state index >= 15 is 0 Å². The van der Waals surface area contributed by atoms with E-state index in [1.807, 2.05) is 0 Å². The van der Waals surface area contributed by atoms with E-state index in [1.54, 1.807) is 0 Å². The number of phosphoric ester groups is 1. The Morgan fingerprint density at radius 1 is 0.750 bits per heavy atom. The number of hydrogen-bond donors (Lipinski definition) is 1. The second kappa shape index (κ2) is 25.3. The van der Waals surface area contributed by atoms with Crippen LogP contribution in [0, 0.1) is 0 Å². The van der Waals surface area contributed by atoms with E-state index in [0.717, 1.165) is 12.8 Å². The maximum absolute atomic E-state index is 10.3. The first-order chi connectivity index (χ1) is 12.5. The zero-order chi connectivity index (χ0) is 19.5. The van der Waals surface area contributed by atoms with Gasteiger partial charge in [0.1, 0.15) is 6.10 Å². The zero-order valence-corrected chi connectivity index (χ0v) is 23.4. The topological polar surface area (TPSA) is 102 Å². The fourth-order valence-corrected chi connectivity index (χ4v) is 3.20. The summed E-state index contributed by atoms with van der Waals surface area (Å²) in [5.74, 6) is 0. The summed E-state index contributed by atoms with van der Waals surface area (Å²) >= 11 is 0. The summed E-state index contributed by atoms with van der Waals surface area (Å²) < 4.78 is 19.5. The van der Waals surface area contributed by atoms with Gasteiger partial charge in [-0.25, -0.2) is 0 Å². The van der Waals surface area contributed by atoms with E-state index in [-0.39, 0.29) is 65.7 Å². The van der Waals surface area contributed by atoms with Crippen molar-refractivity contribution in [3.63, 3.8) is 0 Å². The smallest absolute Gasteiger partial charge is 0.790 e. The number of aliphatic hydroxyl groups is 1. The van der Waals surface area contributed by atoms with Gasteiger partial charge in [-0.1, -0.05) is 90.4 Å². The summed E-state index contributed by atoms with van der Waals surface area (Å²) in [6.07, 6.45) is 17.0. The Balaban J connectivity index is -0.00000312. The van der Waals surface area contributed by atoms with E-state index in [2.05, 4.69) is 11.4 Å². The molecule has 0 heterocycles. The van der Waals surface area contributed by atoms with Crippen molar-refractivity contribution in [2.75, 3.05) is 19.8 Å². The fraction of sp³-hybridized carbons (Fsp3) is 1.00. The molecule has 0 aromatic heterocycles. The summed E-state index contributed by atoms with van der Waals surface area (Å²) in [6.45, 7) is 2.23. The molecule has 0 fully saturated rings. The van der Waals surface area contributed by atoms with Gasteiger partial charge in [-0.2, -0.15) is 0 Å². The molecule has 0 amide bonds. The van der Waals surface area contributed by atoms with E-state index < -0.39 is 20.5 Å². The fourth-order valence-electron chi connectivity index (χ4n) is 2.84. The number of rotatable bonds is 20. The van der Waals surface area contributed by atoms with Gasteiger partial charge in [-0.15, -0.1) is 0 Å². The second-order valence-electron chi connectivity index (χ2n) is 7.07. The molecule has 1 unspecified atom stereocenters. The van der Waals surface area contributed by atoms with Crippen molar-refractivity contribution in [1.29, 1.82) is 0 Å². The SMILES string of the molecule is CCCCCCCCCCCCCCCCOCC(O)COP(=O)([O-])[O-].[Na+].[Na+]. The van der Waals surface area contributed by atoms with E-state index in [9.17, 15) is 19.5 Å². The van der Waals surface area contributed by atoms with Gasteiger partial charge < -0.3 is 28.7 Å². The first-order valence-electron chi connectivity index (χ1n) is 10.4. The molecular weight excluding hydrogens is 401 g/mol. The molecule has 0 spiro atoms. The normalized spacial score (nSPS) is 12.3. The molecule has 158 valence electrons. The molecule has 0 aromatic carbocycles. The molecule has 0 aromatic rings. The Kier molecular flexibility index (Phi) is 31.3. The largest absolute Gasteiger partial charge is 1.00 e. The van der Waals surface area contributed by atoms with Crippen LogP contribution in [-0.2, 0) is 13.8 Å². The molecule has 0 saturated carbocycles. The summed E-state index contributed by atoms with van der Waals surface area (Å²) in [5, 5.41) is 9.38. The predicted octanol–water partition coefficient (Wildman–Crippen LogP) is -2.30. The van der Waals surface area contributed by atoms with Gasteiger partial charge in [-0.05, 0) is 6.42 Å². The van der Waals surface area contributed by atoms with Gasteiger partial charge in [-0.3, -0.25) is 0 Å². The predicted molar refractivity (Wildman–Crippen MR) is 101 cm³/mol. The summed E-state index contributed by atoms with van der Waals surface area (Å²) in [4.78, 5) is 20.5. The molecule has 0 aliphatic rings. The second-order valence-corrected chi connectivity index (χ2v) is 8.22. The molecule has 0 bridgehead atoms. The summed E-state index contributed by atoms with van der Waals surface area (Å²) in [6, 6.07) is 0. The molecule has 0 saturated heterocycles. The molecule has 1 N–H and O–H groups in total. The van der Waals surface area contributed by atoms with Crippen LogP contribution in [-0.4, -0.2) is 31.0 Å². The van der Waals surface area contributed by atoms with Crippen LogP contribution in [0.25, 0.3) is 0 Å². The Bertz CT molecular complexity index is 344. The minimum Gasteiger partial charge on any atom is -0.790 e. The van der Waals surface area contributed by atoms with E-state index in [4.69, 9.17) is 4.74 Å². The van der Waals surface area contributed by atoms with Crippen LogP contribution in [0.2, 0.25) is 0 Å². The third-order valence-electron chi connectivity index (χ3n) is 4.38. The average Bonchev–Trinajstić information content (AvgIpc) is 2.59. The number of unbranched alkanes of at least 4 members (excludes halogenated alkanes) is 13. The third-order valence-corrected chi connectivity index (χ3v) is 4.84. The molecule has 0 radical (unpaired) electrons. The van der Waals surface area contributed by atoms with Crippen LogP contribution in [0.3, 0.4) is 0 Å². The van der Waals surface area contributed by atoms with Crippen molar-refractivity contribution in [3.8, 4) is 0 Å². The maximum Gasteiger partial charge on any atom is 1.00 e. The van der Waals surface area contributed by atoms with Crippen LogP contribution in [0.15, 0.2) is 0 Å². The van der Waals surface area contributed by atoms with Gasteiger partial charge in [0.2, 0.25) is 0 Å². The first-order valence-corrected chi connectivity index (χ1v) is 11.8. The molecule has 0 aliphatic carbocycles. The van der Waals surface area contributed by atoms with E-state index in [1.165, 1.54) is 77.0 Å². The molecule has 6 nitrogen and oxygen atoms in total. The number of aliphatic hydroxyl groups excluding tert-OH is 1. The molecule has 0 aliphatic heterocycles. The Morgan fingerprint density at radius 2 is 1.14 bits per heavy atom. The van der Waals surface area contributed by atoms with Crippen molar-refractivity contribution >= 4 is 7.82 Å². The van der Waals surface area contributed by atoms with Crippen molar-refractivity contribution in [2.45, 2.75) is 103 Å². The van der Waals surface area contributed by atoms with Gasteiger partial charge in [0.25, 0.3) is 0 Å². The van der Waals surface area contributed by atoms with E-state index in [0.29, 0.717) is 6.61 Å². The summed E-state index contributed by atoms with van der Waals surface area (Å²) in [7, 11) is -5.01. The Hall–Kier alpha value is 2.03. The van der Waals surface area contributed by atoms with Crippen molar-refractivity contribution in [1.82, 2.24) is 0 Å². The van der Waals surface area contributed by atoms with Crippen LogP contribution in [0.1, 0.15) is 96.8 Å². The number of hydrogen-bond acceptors (Lipinski definition) is 6. The summed E-state index contributed by atoms with van der Waals surface area (Å²) in [5.41, 5.74) is 0. The van der Waals surface area contributed by atoms with Crippen molar-refractivity contribution in [2.24, 2.45) is 0 Å². The van der Waals surface area contributed by atoms with Crippen molar-refractivity contribution < 1.29 is 87.8 Å². The monoisotopic (exact) mass is 440 g/mol. The Morgan fingerprint density at radius 3 is 1.54 bits per heavy atom. The van der Waals surface area contributed by atoms with Crippen LogP contribution in [0.4, 0.5) is 0 Å². The van der Waals surface area contributed by atoms with Crippen LogP contribution < -0.4 is 68.9 Å². The van der Waals surface area contributed by atoms with Gasteiger partial charge in [0.05, 0.1) is 21.0 Å². The molecule has 1 atom stereocenters. The van der Waals surface area contributed by atoms with Crippen molar-refractivity contribution in [3.05, 3.63) is 0 Å². The molecule has 0 rings (SSSR count). The standard InChI is InChI=1S/C19H41O6P.2Na/c1-2-3-4-5-6-7-8-9-10-11-12-13-14-15-16-24-17-19(20)18-25-26(21,22)23;;/h19-20H,2-18H2,1H3,(H2,21,22,23);;/q;2*+1/p-2. The minimum atomic E-state index is -5.01. The first kappa shape index (κ1) is 34.6.